The first kappa shape index (κ1) is 12.3. The standard InChI is InChI=1S/C14H15N3O/c1-10-8-17-14(18-10)9-16-11(2)13-5-3-12(7-15)4-6-13/h3-6,8,11,16H,9H2,1-2H3. The average molecular weight is 241 g/mol. The molecule has 0 aliphatic carbocycles. The first-order valence-corrected chi connectivity index (χ1v) is 5.84. The van der Waals surface area contributed by atoms with Crippen molar-refractivity contribution in [3.05, 3.63) is 53.2 Å². The van der Waals surface area contributed by atoms with Crippen LogP contribution in [0.4, 0.5) is 0 Å². The number of hydrogen-bond donors (Lipinski definition) is 1. The number of nitrogens with one attached hydrogen (secondary N) is 1. The fourth-order valence-corrected chi connectivity index (χ4v) is 1.69. The summed E-state index contributed by atoms with van der Waals surface area (Å²) < 4.78 is 5.39. The average Bonchev–Trinajstić information content (AvgIpc) is 2.82. The Morgan fingerprint density at radius 1 is 1.39 bits per heavy atom. The quantitative estimate of drug-likeness (QED) is 0.894. The summed E-state index contributed by atoms with van der Waals surface area (Å²) in [6, 6.07) is 9.85. The summed E-state index contributed by atoms with van der Waals surface area (Å²) in [6.07, 6.45) is 1.71. The number of aromatic nitrogens is 1. The first-order valence-electron chi connectivity index (χ1n) is 5.84. The van der Waals surface area contributed by atoms with Gasteiger partial charge in [0.15, 0.2) is 0 Å². The summed E-state index contributed by atoms with van der Waals surface area (Å²) in [6.45, 7) is 4.53. The van der Waals surface area contributed by atoms with Crippen LogP contribution in [0, 0.1) is 18.3 Å². The molecule has 1 aromatic carbocycles. The van der Waals surface area contributed by atoms with E-state index in [1.54, 1.807) is 6.20 Å². The predicted molar refractivity (Wildman–Crippen MR) is 67.7 cm³/mol. The van der Waals surface area contributed by atoms with Crippen molar-refractivity contribution in [1.82, 2.24) is 10.3 Å². The predicted octanol–water partition coefficient (Wildman–Crippen LogP) is 2.71. The smallest absolute Gasteiger partial charge is 0.208 e. The van der Waals surface area contributed by atoms with Gasteiger partial charge in [-0.15, -0.1) is 0 Å². The summed E-state index contributed by atoms with van der Waals surface area (Å²) in [7, 11) is 0. The summed E-state index contributed by atoms with van der Waals surface area (Å²) in [5.41, 5.74) is 1.81. The third kappa shape index (κ3) is 2.96. The molecule has 1 N–H and O–H groups in total. The molecule has 0 fully saturated rings. The van der Waals surface area contributed by atoms with Crippen LogP contribution in [0.25, 0.3) is 0 Å². The maximum atomic E-state index is 8.74. The third-order valence-electron chi connectivity index (χ3n) is 2.77. The molecule has 1 heterocycles. The van der Waals surface area contributed by atoms with E-state index < -0.39 is 0 Å². The number of aryl methyl sites for hydroxylation is 1. The number of oxazole rings is 1. The van der Waals surface area contributed by atoms with Gasteiger partial charge in [-0.2, -0.15) is 5.26 Å². The van der Waals surface area contributed by atoms with Crippen LogP contribution in [0.2, 0.25) is 0 Å². The molecular formula is C14H15N3O. The second-order valence-corrected chi connectivity index (χ2v) is 4.20. The van der Waals surface area contributed by atoms with E-state index in [1.165, 1.54) is 0 Å². The van der Waals surface area contributed by atoms with Crippen molar-refractivity contribution in [3.63, 3.8) is 0 Å². The summed E-state index contributed by atoms with van der Waals surface area (Å²) in [4.78, 5) is 4.14. The molecule has 0 saturated carbocycles. The van der Waals surface area contributed by atoms with Gasteiger partial charge in [0.2, 0.25) is 5.89 Å². The number of nitriles is 1. The Hall–Kier alpha value is -2.12. The van der Waals surface area contributed by atoms with Gasteiger partial charge in [0.1, 0.15) is 5.76 Å². The lowest BCUT2D eigenvalue weighted by molar-refractivity contribution is 0.432. The molecule has 2 aromatic rings. The minimum Gasteiger partial charge on any atom is -0.445 e. The summed E-state index contributed by atoms with van der Waals surface area (Å²) in [5, 5.41) is 12.1. The number of hydrogen-bond acceptors (Lipinski definition) is 4. The molecule has 0 bridgehead atoms. The lowest BCUT2D eigenvalue weighted by Gasteiger charge is -2.12. The van der Waals surface area contributed by atoms with Gasteiger partial charge in [0, 0.05) is 6.04 Å². The lowest BCUT2D eigenvalue weighted by Crippen LogP contribution is -2.18. The second kappa shape index (κ2) is 5.48. The van der Waals surface area contributed by atoms with Gasteiger partial charge >= 0.3 is 0 Å². The van der Waals surface area contributed by atoms with Crippen LogP contribution in [0.15, 0.2) is 34.9 Å². The van der Waals surface area contributed by atoms with Gasteiger partial charge < -0.3 is 9.73 Å². The highest BCUT2D eigenvalue weighted by Crippen LogP contribution is 2.14. The molecule has 1 aromatic heterocycles. The Morgan fingerprint density at radius 2 is 2.11 bits per heavy atom. The monoisotopic (exact) mass is 241 g/mol. The maximum absolute atomic E-state index is 8.74. The van der Waals surface area contributed by atoms with E-state index in [2.05, 4.69) is 23.3 Å². The van der Waals surface area contributed by atoms with Crippen molar-refractivity contribution in [1.29, 1.82) is 5.26 Å². The largest absolute Gasteiger partial charge is 0.445 e. The topological polar surface area (TPSA) is 61.9 Å². The van der Waals surface area contributed by atoms with Gasteiger partial charge in [-0.3, -0.25) is 0 Å². The third-order valence-corrected chi connectivity index (χ3v) is 2.77. The van der Waals surface area contributed by atoms with Crippen molar-refractivity contribution in [2.24, 2.45) is 0 Å². The molecule has 1 atom stereocenters. The number of benzene rings is 1. The highest BCUT2D eigenvalue weighted by Gasteiger charge is 2.07. The highest BCUT2D eigenvalue weighted by molar-refractivity contribution is 5.32. The van der Waals surface area contributed by atoms with Crippen molar-refractivity contribution in [2.45, 2.75) is 26.4 Å². The molecule has 0 aliphatic rings. The van der Waals surface area contributed by atoms with E-state index >= 15 is 0 Å². The summed E-state index contributed by atoms with van der Waals surface area (Å²) in [5.74, 6) is 1.51. The Balaban J connectivity index is 1.95. The minimum absolute atomic E-state index is 0.185. The molecular weight excluding hydrogens is 226 g/mol. The first-order chi connectivity index (χ1) is 8.69. The van der Waals surface area contributed by atoms with Crippen LogP contribution in [0.5, 0.6) is 0 Å². The van der Waals surface area contributed by atoms with Crippen LogP contribution in [-0.4, -0.2) is 4.98 Å². The van der Waals surface area contributed by atoms with E-state index in [-0.39, 0.29) is 6.04 Å². The summed E-state index contributed by atoms with van der Waals surface area (Å²) >= 11 is 0. The Labute approximate surface area is 106 Å². The van der Waals surface area contributed by atoms with Crippen LogP contribution >= 0.6 is 0 Å². The molecule has 0 radical (unpaired) electrons. The highest BCUT2D eigenvalue weighted by atomic mass is 16.4. The molecule has 1 unspecified atom stereocenters. The maximum Gasteiger partial charge on any atom is 0.208 e. The van der Waals surface area contributed by atoms with Crippen molar-refractivity contribution in [2.75, 3.05) is 0 Å². The van der Waals surface area contributed by atoms with Gasteiger partial charge in [-0.05, 0) is 31.5 Å². The molecule has 4 nitrogen and oxygen atoms in total. The molecule has 92 valence electrons. The van der Waals surface area contributed by atoms with Crippen molar-refractivity contribution >= 4 is 0 Å². The molecule has 0 spiro atoms. The molecule has 18 heavy (non-hydrogen) atoms. The normalized spacial score (nSPS) is 12.1. The van der Waals surface area contributed by atoms with Gasteiger partial charge in [0.25, 0.3) is 0 Å². The van der Waals surface area contributed by atoms with Gasteiger partial charge in [-0.1, -0.05) is 12.1 Å². The number of nitrogens with zero attached hydrogens (tertiary/aromatic N) is 2. The molecule has 0 amide bonds. The van der Waals surface area contributed by atoms with E-state index in [9.17, 15) is 0 Å². The second-order valence-electron chi connectivity index (χ2n) is 4.20. The lowest BCUT2D eigenvalue weighted by atomic mass is 10.1. The Morgan fingerprint density at radius 3 is 2.67 bits per heavy atom. The fourth-order valence-electron chi connectivity index (χ4n) is 1.69. The Kier molecular flexibility index (Phi) is 3.75. The zero-order chi connectivity index (χ0) is 13.0. The molecule has 0 aliphatic heterocycles. The van der Waals surface area contributed by atoms with E-state index in [1.807, 2.05) is 31.2 Å². The molecule has 2 rings (SSSR count). The molecule has 0 saturated heterocycles. The van der Waals surface area contributed by atoms with Crippen LogP contribution in [0.3, 0.4) is 0 Å². The zero-order valence-electron chi connectivity index (χ0n) is 10.5. The van der Waals surface area contributed by atoms with Crippen molar-refractivity contribution in [3.8, 4) is 6.07 Å². The van der Waals surface area contributed by atoms with Crippen LogP contribution < -0.4 is 5.32 Å². The van der Waals surface area contributed by atoms with E-state index in [4.69, 9.17) is 9.68 Å². The fraction of sp³-hybridized carbons (Fsp3) is 0.286. The zero-order valence-corrected chi connectivity index (χ0v) is 10.5. The van der Waals surface area contributed by atoms with E-state index in [0.717, 1.165) is 11.3 Å². The molecule has 4 heteroatoms. The van der Waals surface area contributed by atoms with Crippen molar-refractivity contribution < 1.29 is 4.42 Å². The SMILES string of the molecule is Cc1cnc(CNC(C)c2ccc(C#N)cc2)o1. The Bertz CT molecular complexity index is 551. The van der Waals surface area contributed by atoms with Gasteiger partial charge in [0.05, 0.1) is 24.4 Å². The van der Waals surface area contributed by atoms with E-state index in [0.29, 0.717) is 18.0 Å². The minimum atomic E-state index is 0.185. The number of rotatable bonds is 4. The van der Waals surface area contributed by atoms with Gasteiger partial charge in [-0.25, -0.2) is 4.98 Å². The van der Waals surface area contributed by atoms with Crippen LogP contribution in [-0.2, 0) is 6.54 Å². The van der Waals surface area contributed by atoms with Crippen LogP contribution in [0.1, 0.15) is 35.7 Å².